The van der Waals surface area contributed by atoms with Crippen LogP contribution in [0.5, 0.6) is 0 Å². The van der Waals surface area contributed by atoms with Gasteiger partial charge in [-0.2, -0.15) is 13.2 Å². The van der Waals surface area contributed by atoms with E-state index in [-0.39, 0.29) is 18.4 Å². The first-order valence-electron chi connectivity index (χ1n) is 7.54. The number of carbonyl (C=O) groups is 1. The standard InChI is InChI=1S/C14H23F3N2O/c15-14(16,17)7-8-18-13(20)11-6-9-19(10-11)12-4-2-1-3-5-12/h11-12H,1-10H2,(H,18,20). The largest absolute Gasteiger partial charge is 0.390 e. The number of alkyl halides is 3. The summed E-state index contributed by atoms with van der Waals surface area (Å²) in [4.78, 5) is 14.2. The van der Waals surface area contributed by atoms with Crippen LogP contribution in [0.25, 0.3) is 0 Å². The van der Waals surface area contributed by atoms with E-state index in [9.17, 15) is 18.0 Å². The molecule has 116 valence electrons. The Hall–Kier alpha value is -0.780. The SMILES string of the molecule is O=C(NCCC(F)(F)F)C1CCN(C2CCCCC2)C1. The summed E-state index contributed by atoms with van der Waals surface area (Å²) in [5, 5.41) is 2.42. The molecule has 6 heteroatoms. The highest BCUT2D eigenvalue weighted by molar-refractivity contribution is 5.79. The van der Waals surface area contributed by atoms with Crippen molar-refractivity contribution in [1.29, 1.82) is 0 Å². The fourth-order valence-electron chi connectivity index (χ4n) is 3.25. The number of nitrogens with zero attached hydrogens (tertiary/aromatic N) is 1. The second-order valence-corrected chi connectivity index (χ2v) is 5.93. The molecule has 2 rings (SSSR count). The summed E-state index contributed by atoms with van der Waals surface area (Å²) in [5.41, 5.74) is 0. The molecule has 2 aliphatic rings. The van der Waals surface area contributed by atoms with Crippen molar-refractivity contribution in [3.8, 4) is 0 Å². The average molecular weight is 292 g/mol. The first kappa shape index (κ1) is 15.6. The number of likely N-dealkylation sites (tertiary alicyclic amines) is 1. The molecule has 1 N–H and O–H groups in total. The molecule has 1 aliphatic carbocycles. The molecule has 1 amide bonds. The van der Waals surface area contributed by atoms with Gasteiger partial charge in [-0.1, -0.05) is 19.3 Å². The third-order valence-electron chi connectivity index (χ3n) is 4.39. The third kappa shape index (κ3) is 4.65. The van der Waals surface area contributed by atoms with Crippen LogP contribution in [0.2, 0.25) is 0 Å². The monoisotopic (exact) mass is 292 g/mol. The van der Waals surface area contributed by atoms with E-state index >= 15 is 0 Å². The predicted molar refractivity (Wildman–Crippen MR) is 70.2 cm³/mol. The van der Waals surface area contributed by atoms with Gasteiger partial charge < -0.3 is 5.32 Å². The molecule has 0 bridgehead atoms. The maximum absolute atomic E-state index is 12.0. The lowest BCUT2D eigenvalue weighted by atomic mass is 9.94. The molecule has 1 aliphatic heterocycles. The van der Waals surface area contributed by atoms with Crippen molar-refractivity contribution in [2.24, 2.45) is 5.92 Å². The zero-order chi connectivity index (χ0) is 14.6. The van der Waals surface area contributed by atoms with Crippen LogP contribution in [0.15, 0.2) is 0 Å². The lowest BCUT2D eigenvalue weighted by Crippen LogP contribution is -2.38. The van der Waals surface area contributed by atoms with Gasteiger partial charge in [-0.25, -0.2) is 0 Å². The lowest BCUT2D eigenvalue weighted by molar-refractivity contribution is -0.136. The summed E-state index contributed by atoms with van der Waals surface area (Å²) in [6.07, 6.45) is 1.83. The van der Waals surface area contributed by atoms with E-state index < -0.39 is 12.6 Å². The van der Waals surface area contributed by atoms with Gasteiger partial charge in [-0.3, -0.25) is 9.69 Å². The topological polar surface area (TPSA) is 32.3 Å². The molecule has 0 aromatic carbocycles. The van der Waals surface area contributed by atoms with Gasteiger partial charge >= 0.3 is 6.18 Å². The minimum atomic E-state index is -4.20. The molecule has 1 atom stereocenters. The van der Waals surface area contributed by atoms with Crippen LogP contribution < -0.4 is 5.32 Å². The van der Waals surface area contributed by atoms with Gasteiger partial charge in [0.2, 0.25) is 5.91 Å². The molecule has 0 radical (unpaired) electrons. The lowest BCUT2D eigenvalue weighted by Gasteiger charge is -2.30. The zero-order valence-electron chi connectivity index (χ0n) is 11.7. The molecule has 1 saturated carbocycles. The molecule has 2 fully saturated rings. The summed E-state index contributed by atoms with van der Waals surface area (Å²) in [6.45, 7) is 1.31. The summed E-state index contributed by atoms with van der Waals surface area (Å²) in [7, 11) is 0. The van der Waals surface area contributed by atoms with Gasteiger partial charge in [-0.15, -0.1) is 0 Å². The molecular weight excluding hydrogens is 269 g/mol. The molecular formula is C14H23F3N2O. The van der Waals surface area contributed by atoms with Crippen LogP contribution in [0, 0.1) is 5.92 Å². The number of halogens is 3. The number of hydrogen-bond donors (Lipinski definition) is 1. The summed E-state index contributed by atoms with van der Waals surface area (Å²) >= 11 is 0. The molecule has 0 aromatic rings. The Bertz CT molecular complexity index is 327. The van der Waals surface area contributed by atoms with E-state index in [1.165, 1.54) is 32.1 Å². The molecule has 1 heterocycles. The molecule has 1 unspecified atom stereocenters. The summed E-state index contributed by atoms with van der Waals surface area (Å²) < 4.78 is 36.1. The Labute approximate surface area is 117 Å². The number of amides is 1. The van der Waals surface area contributed by atoms with Crippen molar-refractivity contribution in [3.63, 3.8) is 0 Å². The average Bonchev–Trinajstić information content (AvgIpc) is 2.88. The fourth-order valence-corrected chi connectivity index (χ4v) is 3.25. The highest BCUT2D eigenvalue weighted by Crippen LogP contribution is 2.27. The predicted octanol–water partition coefficient (Wildman–Crippen LogP) is 2.71. The van der Waals surface area contributed by atoms with Crippen LogP contribution in [-0.4, -0.2) is 42.7 Å². The van der Waals surface area contributed by atoms with Crippen molar-refractivity contribution in [2.45, 2.75) is 57.2 Å². The number of nitrogens with one attached hydrogen (secondary N) is 1. The van der Waals surface area contributed by atoms with E-state index in [1.54, 1.807) is 0 Å². The number of carbonyl (C=O) groups excluding carboxylic acids is 1. The highest BCUT2D eigenvalue weighted by Gasteiger charge is 2.33. The van der Waals surface area contributed by atoms with Crippen molar-refractivity contribution in [1.82, 2.24) is 10.2 Å². The van der Waals surface area contributed by atoms with E-state index in [0.29, 0.717) is 12.6 Å². The molecule has 1 saturated heterocycles. The van der Waals surface area contributed by atoms with Gasteiger partial charge in [0.15, 0.2) is 0 Å². The molecule has 20 heavy (non-hydrogen) atoms. The zero-order valence-corrected chi connectivity index (χ0v) is 11.7. The fraction of sp³-hybridized carbons (Fsp3) is 0.929. The summed E-state index contributed by atoms with van der Waals surface area (Å²) in [6, 6.07) is 0.580. The maximum Gasteiger partial charge on any atom is 0.390 e. The third-order valence-corrected chi connectivity index (χ3v) is 4.39. The van der Waals surface area contributed by atoms with Crippen LogP contribution in [0.1, 0.15) is 44.9 Å². The second-order valence-electron chi connectivity index (χ2n) is 5.93. The molecule has 0 spiro atoms. The summed E-state index contributed by atoms with van der Waals surface area (Å²) in [5.74, 6) is -0.349. The maximum atomic E-state index is 12.0. The van der Waals surface area contributed by atoms with Gasteiger partial charge in [0.05, 0.1) is 12.3 Å². The Morgan fingerprint density at radius 1 is 1.15 bits per heavy atom. The van der Waals surface area contributed by atoms with Gasteiger partial charge in [0, 0.05) is 19.1 Å². The van der Waals surface area contributed by atoms with Crippen molar-refractivity contribution < 1.29 is 18.0 Å². The minimum Gasteiger partial charge on any atom is -0.355 e. The Morgan fingerprint density at radius 3 is 2.50 bits per heavy atom. The van der Waals surface area contributed by atoms with Crippen molar-refractivity contribution >= 4 is 5.91 Å². The van der Waals surface area contributed by atoms with Crippen molar-refractivity contribution in [3.05, 3.63) is 0 Å². The Morgan fingerprint density at radius 2 is 1.85 bits per heavy atom. The van der Waals surface area contributed by atoms with E-state index in [1.807, 2.05) is 0 Å². The van der Waals surface area contributed by atoms with E-state index in [4.69, 9.17) is 0 Å². The van der Waals surface area contributed by atoms with Crippen LogP contribution in [-0.2, 0) is 4.79 Å². The van der Waals surface area contributed by atoms with E-state index in [2.05, 4.69) is 10.2 Å². The highest BCUT2D eigenvalue weighted by atomic mass is 19.4. The first-order chi connectivity index (χ1) is 9.46. The Balaban J connectivity index is 1.70. The van der Waals surface area contributed by atoms with Crippen LogP contribution >= 0.6 is 0 Å². The normalized spacial score (nSPS) is 25.9. The quantitative estimate of drug-likeness (QED) is 0.864. The van der Waals surface area contributed by atoms with Crippen LogP contribution in [0.4, 0.5) is 13.2 Å². The first-order valence-corrected chi connectivity index (χ1v) is 7.54. The second kappa shape index (κ2) is 6.78. The van der Waals surface area contributed by atoms with Gasteiger partial charge in [-0.05, 0) is 25.8 Å². The van der Waals surface area contributed by atoms with Crippen LogP contribution in [0.3, 0.4) is 0 Å². The van der Waals surface area contributed by atoms with Gasteiger partial charge in [0.1, 0.15) is 0 Å². The smallest absolute Gasteiger partial charge is 0.355 e. The number of hydrogen-bond acceptors (Lipinski definition) is 2. The molecule has 3 nitrogen and oxygen atoms in total. The molecule has 0 aromatic heterocycles. The minimum absolute atomic E-state index is 0.134. The number of rotatable bonds is 4. The van der Waals surface area contributed by atoms with E-state index in [0.717, 1.165) is 13.0 Å². The Kier molecular flexibility index (Phi) is 5.29. The van der Waals surface area contributed by atoms with Gasteiger partial charge in [0.25, 0.3) is 0 Å². The van der Waals surface area contributed by atoms with Crippen molar-refractivity contribution in [2.75, 3.05) is 19.6 Å².